The van der Waals surface area contributed by atoms with Gasteiger partial charge in [-0.1, -0.05) is 12.1 Å². The molecule has 0 aliphatic rings. The van der Waals surface area contributed by atoms with E-state index in [1.54, 1.807) is 0 Å². The van der Waals surface area contributed by atoms with Crippen molar-refractivity contribution in [1.29, 1.82) is 0 Å². The van der Waals surface area contributed by atoms with Crippen LogP contribution in [0, 0.1) is 5.82 Å². The largest absolute Gasteiger partial charge is 0.451 e. The fourth-order valence-corrected chi connectivity index (χ4v) is 3.67. The normalized spacial score (nSPS) is 12.2. The first-order valence-electron chi connectivity index (χ1n) is 9.13. The Balaban J connectivity index is 2.13. The molecule has 0 atom stereocenters. The van der Waals surface area contributed by atoms with E-state index in [9.17, 15) is 26.0 Å². The molecule has 0 unspecified atom stereocenters. The number of primary sulfonamides is 1. The monoisotopic (exact) mass is 478 g/mol. The maximum Gasteiger partial charge on any atom is 0.451 e. The van der Waals surface area contributed by atoms with Gasteiger partial charge in [0.15, 0.2) is 5.82 Å². The van der Waals surface area contributed by atoms with Crippen LogP contribution in [0.3, 0.4) is 0 Å². The van der Waals surface area contributed by atoms with E-state index in [1.165, 1.54) is 48.7 Å². The molecule has 4 rings (SSSR count). The Kier molecular flexibility index (Phi) is 5.38. The third-order valence-electron chi connectivity index (χ3n) is 4.54. The third-order valence-corrected chi connectivity index (χ3v) is 5.45. The number of nitrogens with zero attached hydrogens (tertiary/aromatic N) is 4. The Labute approximate surface area is 184 Å². The molecule has 8 nitrogen and oxygen atoms in total. The quantitative estimate of drug-likeness (QED) is 0.433. The van der Waals surface area contributed by atoms with Crippen molar-refractivity contribution in [3.8, 4) is 28.2 Å². The van der Waals surface area contributed by atoms with E-state index in [-0.39, 0.29) is 38.9 Å². The summed E-state index contributed by atoms with van der Waals surface area (Å²) in [5.74, 6) is -2.39. The van der Waals surface area contributed by atoms with Gasteiger partial charge in [0, 0.05) is 17.8 Å². The lowest BCUT2D eigenvalue weighted by atomic mass is 9.99. The molecule has 2 heterocycles. The van der Waals surface area contributed by atoms with Gasteiger partial charge in [0.2, 0.25) is 15.8 Å². The summed E-state index contributed by atoms with van der Waals surface area (Å²) in [6, 6.07) is 11.2. The summed E-state index contributed by atoms with van der Waals surface area (Å²) < 4.78 is 79.3. The Morgan fingerprint density at radius 3 is 2.21 bits per heavy atom. The van der Waals surface area contributed by atoms with Gasteiger partial charge in [-0.15, -0.1) is 5.10 Å². The molecule has 0 aliphatic heterocycles. The highest BCUT2D eigenvalue weighted by molar-refractivity contribution is 7.89. The van der Waals surface area contributed by atoms with Gasteiger partial charge >= 0.3 is 6.18 Å². The van der Waals surface area contributed by atoms with Crippen LogP contribution in [0.5, 0.6) is 0 Å². The van der Waals surface area contributed by atoms with Gasteiger partial charge in [-0.3, -0.25) is 0 Å². The van der Waals surface area contributed by atoms with Crippen molar-refractivity contribution in [2.75, 3.05) is 5.73 Å². The van der Waals surface area contributed by atoms with Crippen LogP contribution in [0.4, 0.5) is 23.4 Å². The molecular weight excluding hydrogens is 464 g/mol. The Hall–Kier alpha value is -3.84. The minimum Gasteiger partial charge on any atom is -0.382 e. The average molecular weight is 478 g/mol. The fraction of sp³-hybridized carbons (Fsp3) is 0.0500. The molecule has 0 bridgehead atoms. The lowest BCUT2D eigenvalue weighted by molar-refractivity contribution is -0.144. The number of nitrogens with two attached hydrogens (primary N) is 2. The highest BCUT2D eigenvalue weighted by Gasteiger charge is 2.37. The van der Waals surface area contributed by atoms with E-state index >= 15 is 0 Å². The number of anilines is 1. The number of nitrogen functional groups attached to an aromatic ring is 1. The highest BCUT2D eigenvalue weighted by atomic mass is 32.2. The van der Waals surface area contributed by atoms with Crippen LogP contribution in [0.15, 0.2) is 65.7 Å². The average Bonchev–Trinajstić information content (AvgIpc) is 3.18. The molecule has 2 aromatic carbocycles. The van der Waals surface area contributed by atoms with Gasteiger partial charge in [0.1, 0.15) is 11.6 Å². The molecule has 0 radical (unpaired) electrons. The summed E-state index contributed by atoms with van der Waals surface area (Å²) in [5.41, 5.74) is 5.68. The smallest absolute Gasteiger partial charge is 0.382 e. The van der Waals surface area contributed by atoms with Gasteiger partial charge in [0.05, 0.1) is 16.2 Å². The molecule has 33 heavy (non-hydrogen) atoms. The summed E-state index contributed by atoms with van der Waals surface area (Å²) in [7, 11) is -4.13. The van der Waals surface area contributed by atoms with Gasteiger partial charge in [0.25, 0.3) is 0 Å². The molecule has 4 aromatic rings. The number of alkyl halides is 3. The van der Waals surface area contributed by atoms with Crippen LogP contribution >= 0.6 is 0 Å². The lowest BCUT2D eigenvalue weighted by Gasteiger charge is -2.17. The molecule has 0 spiro atoms. The number of rotatable bonds is 4. The van der Waals surface area contributed by atoms with E-state index in [0.29, 0.717) is 0 Å². The summed E-state index contributed by atoms with van der Waals surface area (Å²) in [4.78, 5) is 7.07. The summed E-state index contributed by atoms with van der Waals surface area (Å²) in [6.07, 6.45) is -3.64. The maximum atomic E-state index is 13.7. The van der Waals surface area contributed by atoms with Crippen LogP contribution in [0.1, 0.15) is 5.82 Å². The predicted molar refractivity (Wildman–Crippen MR) is 111 cm³/mol. The van der Waals surface area contributed by atoms with Crippen LogP contribution in [0.2, 0.25) is 0 Å². The first kappa shape index (κ1) is 22.4. The molecule has 170 valence electrons. The second kappa shape index (κ2) is 7.94. The zero-order valence-corrected chi connectivity index (χ0v) is 17.3. The van der Waals surface area contributed by atoms with E-state index in [2.05, 4.69) is 15.1 Å². The standard InChI is InChI=1S/C20H14F4N6O2S/c21-13-6-4-11(5-7-13)17-16(12-2-1-3-14(10-12)33(26,31)32)18(30-9-8-15(25)29-30)28-19(27-17)20(22,23)24/h1-10H,(H2,25,29)(H2,26,31,32). The molecule has 0 saturated heterocycles. The second-order valence-electron chi connectivity index (χ2n) is 6.86. The Morgan fingerprint density at radius 2 is 1.64 bits per heavy atom. The second-order valence-corrected chi connectivity index (χ2v) is 8.42. The maximum absolute atomic E-state index is 13.7. The first-order valence-corrected chi connectivity index (χ1v) is 10.7. The minimum atomic E-state index is -4.93. The number of hydrogen-bond donors (Lipinski definition) is 2. The van der Waals surface area contributed by atoms with Crippen molar-refractivity contribution >= 4 is 15.8 Å². The van der Waals surface area contributed by atoms with E-state index in [0.717, 1.165) is 16.8 Å². The fourth-order valence-electron chi connectivity index (χ4n) is 3.11. The van der Waals surface area contributed by atoms with Gasteiger partial charge < -0.3 is 5.73 Å². The van der Waals surface area contributed by atoms with Crippen LogP contribution in [-0.4, -0.2) is 28.2 Å². The Morgan fingerprint density at radius 1 is 0.939 bits per heavy atom. The van der Waals surface area contributed by atoms with Crippen molar-refractivity contribution < 1.29 is 26.0 Å². The van der Waals surface area contributed by atoms with Crippen molar-refractivity contribution in [2.45, 2.75) is 11.1 Å². The zero-order valence-electron chi connectivity index (χ0n) is 16.5. The predicted octanol–water partition coefficient (Wildman–Crippen LogP) is 3.38. The zero-order chi connectivity index (χ0) is 24.0. The van der Waals surface area contributed by atoms with Crippen molar-refractivity contribution in [2.24, 2.45) is 5.14 Å². The number of hydrogen-bond acceptors (Lipinski definition) is 6. The van der Waals surface area contributed by atoms with Gasteiger partial charge in [-0.25, -0.2) is 32.6 Å². The molecule has 4 N–H and O–H groups in total. The molecular formula is C20H14F4N6O2S. The Bertz CT molecular complexity index is 1450. The molecule has 2 aromatic heterocycles. The lowest BCUT2D eigenvalue weighted by Crippen LogP contribution is -2.16. The van der Waals surface area contributed by atoms with Crippen molar-refractivity contribution in [1.82, 2.24) is 19.7 Å². The van der Waals surface area contributed by atoms with Gasteiger partial charge in [-0.2, -0.15) is 13.2 Å². The minimum absolute atomic E-state index is 0.00297. The number of aromatic nitrogens is 4. The summed E-state index contributed by atoms with van der Waals surface area (Å²) in [5, 5.41) is 9.16. The molecule has 13 heteroatoms. The van der Waals surface area contributed by atoms with E-state index in [1.807, 2.05) is 0 Å². The van der Waals surface area contributed by atoms with Crippen LogP contribution in [0.25, 0.3) is 28.2 Å². The number of halogens is 4. The summed E-state index contributed by atoms with van der Waals surface area (Å²) in [6.45, 7) is 0. The third kappa shape index (κ3) is 4.54. The van der Waals surface area contributed by atoms with E-state index in [4.69, 9.17) is 10.9 Å². The van der Waals surface area contributed by atoms with Crippen LogP contribution in [-0.2, 0) is 16.2 Å². The molecule has 0 fully saturated rings. The highest BCUT2D eigenvalue weighted by Crippen LogP contribution is 2.38. The van der Waals surface area contributed by atoms with E-state index < -0.39 is 27.8 Å². The van der Waals surface area contributed by atoms with Crippen molar-refractivity contribution in [3.05, 3.63) is 72.4 Å². The first-order chi connectivity index (χ1) is 15.4. The molecule has 0 aliphatic carbocycles. The molecule has 0 amide bonds. The topological polar surface area (TPSA) is 130 Å². The van der Waals surface area contributed by atoms with Crippen molar-refractivity contribution in [3.63, 3.8) is 0 Å². The number of benzene rings is 2. The van der Waals surface area contributed by atoms with Gasteiger partial charge in [-0.05, 0) is 42.0 Å². The SMILES string of the molecule is Nc1ccn(-c2nc(C(F)(F)F)nc(-c3ccc(F)cc3)c2-c2cccc(S(N)(=O)=O)c2)n1. The number of sulfonamides is 1. The summed E-state index contributed by atoms with van der Waals surface area (Å²) >= 11 is 0. The molecule has 0 saturated carbocycles. The van der Waals surface area contributed by atoms with Crippen LogP contribution < -0.4 is 10.9 Å².